The quantitative estimate of drug-likeness (QED) is 0.678. The number of fused-ring (bicyclic) bond motifs is 1. The van der Waals surface area contributed by atoms with Gasteiger partial charge in [0.2, 0.25) is 0 Å². The Bertz CT molecular complexity index is 883. The fourth-order valence-corrected chi connectivity index (χ4v) is 3.06. The highest BCUT2D eigenvalue weighted by molar-refractivity contribution is 9.10. The number of carbonyl (C=O) groups excluding carboxylic acids is 2. The molecule has 1 amide bonds. The van der Waals surface area contributed by atoms with Gasteiger partial charge in [0.1, 0.15) is 5.82 Å². The van der Waals surface area contributed by atoms with Crippen LogP contribution in [-0.2, 0) is 9.53 Å². The molecule has 28 heavy (non-hydrogen) atoms. The van der Waals surface area contributed by atoms with E-state index in [1.165, 1.54) is 6.07 Å². The fraction of sp³-hybridized carbons (Fsp3) is 0.353. The van der Waals surface area contributed by atoms with Gasteiger partial charge in [-0.15, -0.1) is 0 Å². The van der Waals surface area contributed by atoms with E-state index in [0.29, 0.717) is 5.69 Å². The number of nitrogens with one attached hydrogen (secondary N) is 2. The maximum atomic E-state index is 13.2. The number of halogens is 4. The summed E-state index contributed by atoms with van der Waals surface area (Å²) in [4.78, 5) is 24.0. The molecule has 0 saturated heterocycles. The van der Waals surface area contributed by atoms with Gasteiger partial charge in [0.25, 0.3) is 5.91 Å². The number of alkyl halides is 3. The Morgan fingerprint density at radius 3 is 2.68 bits per heavy atom. The van der Waals surface area contributed by atoms with Crippen LogP contribution in [0.5, 0.6) is 0 Å². The number of ether oxygens (including phenoxy) is 1. The van der Waals surface area contributed by atoms with Crippen molar-refractivity contribution in [2.24, 2.45) is 0 Å². The van der Waals surface area contributed by atoms with Gasteiger partial charge in [-0.3, -0.25) is 4.79 Å². The number of benzene rings is 1. The van der Waals surface area contributed by atoms with E-state index in [-0.39, 0.29) is 17.9 Å². The predicted molar refractivity (Wildman–Crippen MR) is 98.1 cm³/mol. The van der Waals surface area contributed by atoms with Gasteiger partial charge in [-0.2, -0.15) is 18.3 Å². The van der Waals surface area contributed by atoms with E-state index in [2.05, 4.69) is 31.7 Å². The number of hydrogen-bond acceptors (Lipinski definition) is 5. The normalized spacial score (nSPS) is 18.8. The van der Waals surface area contributed by atoms with Crippen LogP contribution in [-0.4, -0.2) is 40.5 Å². The Kier molecular flexibility index (Phi) is 5.64. The summed E-state index contributed by atoms with van der Waals surface area (Å²) in [5.41, 5.74) is 0.204. The molecule has 0 spiro atoms. The van der Waals surface area contributed by atoms with Crippen LogP contribution in [0.15, 0.2) is 34.8 Å². The van der Waals surface area contributed by atoms with Crippen molar-refractivity contribution in [2.75, 3.05) is 17.2 Å². The average Bonchev–Trinajstić information content (AvgIpc) is 3.04. The van der Waals surface area contributed by atoms with Crippen LogP contribution >= 0.6 is 15.9 Å². The number of nitrogens with zero attached hydrogens (tertiary/aromatic N) is 2. The third-order valence-electron chi connectivity index (χ3n) is 4.05. The first-order valence-electron chi connectivity index (χ1n) is 8.29. The summed E-state index contributed by atoms with van der Waals surface area (Å²) in [6.07, 6.45) is -4.70. The maximum absolute atomic E-state index is 13.2. The fourth-order valence-electron chi connectivity index (χ4n) is 2.79. The number of anilines is 2. The first kappa shape index (κ1) is 20.2. The van der Waals surface area contributed by atoms with Crippen molar-refractivity contribution in [3.05, 3.63) is 40.5 Å². The summed E-state index contributed by atoms with van der Waals surface area (Å²) in [5.74, 6) is -1.49. The second kappa shape index (κ2) is 7.82. The molecule has 2 atom stereocenters. The van der Waals surface area contributed by atoms with E-state index < -0.39 is 36.7 Å². The summed E-state index contributed by atoms with van der Waals surface area (Å²) in [5, 5.41) is 9.11. The summed E-state index contributed by atoms with van der Waals surface area (Å²) < 4.78 is 46.1. The third-order valence-corrected chi connectivity index (χ3v) is 4.58. The number of hydrogen-bond donors (Lipinski definition) is 2. The van der Waals surface area contributed by atoms with Crippen molar-refractivity contribution in [3.8, 4) is 0 Å². The van der Waals surface area contributed by atoms with Gasteiger partial charge in [0.15, 0.2) is 18.3 Å². The lowest BCUT2D eigenvalue weighted by atomic mass is 10.1. The largest absolute Gasteiger partial charge is 0.451 e. The molecule has 2 heterocycles. The molecule has 150 valence electrons. The topological polar surface area (TPSA) is 85.2 Å². The van der Waals surface area contributed by atoms with Crippen molar-refractivity contribution in [2.45, 2.75) is 31.6 Å². The van der Waals surface area contributed by atoms with Gasteiger partial charge in [0.05, 0.1) is 0 Å². The molecule has 7 nitrogen and oxygen atoms in total. The number of aromatic nitrogens is 2. The van der Waals surface area contributed by atoms with Gasteiger partial charge >= 0.3 is 12.1 Å². The molecule has 1 aliphatic heterocycles. The molecule has 0 aliphatic carbocycles. The van der Waals surface area contributed by atoms with E-state index in [9.17, 15) is 22.8 Å². The number of rotatable bonds is 4. The highest BCUT2D eigenvalue weighted by Crippen LogP contribution is 2.39. The molecule has 2 N–H and O–H groups in total. The molecule has 1 aliphatic rings. The smallest absolute Gasteiger partial charge is 0.410 e. The molecule has 1 aromatic heterocycles. The molecular formula is C17H16BrF3N4O3. The van der Waals surface area contributed by atoms with E-state index in [1.54, 1.807) is 31.2 Å². The molecule has 0 radical (unpaired) electrons. The number of esters is 1. The molecule has 2 aromatic rings. The van der Waals surface area contributed by atoms with Crippen LogP contribution in [0.4, 0.5) is 24.7 Å². The summed E-state index contributed by atoms with van der Waals surface area (Å²) in [7, 11) is 0. The minimum atomic E-state index is -4.50. The Labute approximate surface area is 166 Å². The lowest BCUT2D eigenvalue weighted by molar-refractivity contribution is -0.173. The molecule has 1 aromatic carbocycles. The minimum absolute atomic E-state index is 0.0762. The molecule has 0 bridgehead atoms. The highest BCUT2D eigenvalue weighted by atomic mass is 79.9. The van der Waals surface area contributed by atoms with Crippen LogP contribution in [0.2, 0.25) is 0 Å². The van der Waals surface area contributed by atoms with Crippen LogP contribution in [0, 0.1) is 0 Å². The zero-order valence-electron chi connectivity index (χ0n) is 14.6. The SMILES string of the molecule is C[C@H]1C[C@@H](C(F)(F)F)n2nc(C(=O)OCC(=O)Nc3ccc(Br)cc3)cc2N1. The molecule has 0 fully saturated rings. The van der Waals surface area contributed by atoms with Crippen LogP contribution in [0.3, 0.4) is 0 Å². The highest BCUT2D eigenvalue weighted by Gasteiger charge is 2.45. The van der Waals surface area contributed by atoms with Gasteiger partial charge in [-0.1, -0.05) is 15.9 Å². The van der Waals surface area contributed by atoms with Gasteiger partial charge < -0.3 is 15.4 Å². The number of carbonyl (C=O) groups is 2. The summed E-state index contributed by atoms with van der Waals surface area (Å²) in [6, 6.07) is 5.67. The van der Waals surface area contributed by atoms with Crippen LogP contribution in [0.1, 0.15) is 29.9 Å². The number of amides is 1. The third kappa shape index (κ3) is 4.64. The summed E-state index contributed by atoms with van der Waals surface area (Å²) in [6.45, 7) is 1.02. The van der Waals surface area contributed by atoms with E-state index in [4.69, 9.17) is 4.74 Å². The first-order chi connectivity index (χ1) is 13.1. The standard InChI is InChI=1S/C17H16BrF3N4O3/c1-9-6-13(17(19,20)21)25-14(22-9)7-12(24-25)16(27)28-8-15(26)23-11-4-2-10(18)3-5-11/h2-5,7,9,13,22H,6,8H2,1H3,(H,23,26)/t9-,13-/m0/s1. The molecule has 0 saturated carbocycles. The zero-order valence-corrected chi connectivity index (χ0v) is 16.2. The second-order valence-electron chi connectivity index (χ2n) is 6.33. The van der Waals surface area contributed by atoms with E-state index in [0.717, 1.165) is 9.15 Å². The van der Waals surface area contributed by atoms with E-state index in [1.807, 2.05) is 0 Å². The molecule has 0 unspecified atom stereocenters. The van der Waals surface area contributed by atoms with Crippen LogP contribution < -0.4 is 10.6 Å². The van der Waals surface area contributed by atoms with Crippen molar-refractivity contribution < 1.29 is 27.5 Å². The van der Waals surface area contributed by atoms with Crippen LogP contribution in [0.25, 0.3) is 0 Å². The minimum Gasteiger partial charge on any atom is -0.451 e. The van der Waals surface area contributed by atoms with Crippen molar-refractivity contribution in [1.82, 2.24) is 9.78 Å². The second-order valence-corrected chi connectivity index (χ2v) is 7.24. The zero-order chi connectivity index (χ0) is 20.5. The lowest BCUT2D eigenvalue weighted by Crippen LogP contribution is -2.37. The first-order valence-corrected chi connectivity index (χ1v) is 9.08. The predicted octanol–water partition coefficient (Wildman–Crippen LogP) is 3.75. The Morgan fingerprint density at radius 2 is 2.04 bits per heavy atom. The van der Waals surface area contributed by atoms with Gasteiger partial charge in [0, 0.05) is 22.3 Å². The summed E-state index contributed by atoms with van der Waals surface area (Å²) >= 11 is 3.26. The van der Waals surface area contributed by atoms with E-state index >= 15 is 0 Å². The van der Waals surface area contributed by atoms with Crippen molar-refractivity contribution in [3.63, 3.8) is 0 Å². The Balaban J connectivity index is 1.64. The maximum Gasteiger partial charge on any atom is 0.410 e. The Hall–Kier alpha value is -2.56. The van der Waals surface area contributed by atoms with Crippen molar-refractivity contribution in [1.29, 1.82) is 0 Å². The van der Waals surface area contributed by atoms with Crippen molar-refractivity contribution >= 4 is 39.3 Å². The average molecular weight is 461 g/mol. The van der Waals surface area contributed by atoms with Gasteiger partial charge in [-0.25, -0.2) is 9.48 Å². The molecule has 3 rings (SSSR count). The van der Waals surface area contributed by atoms with Gasteiger partial charge in [-0.05, 0) is 37.6 Å². The lowest BCUT2D eigenvalue weighted by Gasteiger charge is -2.31. The molecular weight excluding hydrogens is 445 g/mol. The monoisotopic (exact) mass is 460 g/mol. The Morgan fingerprint density at radius 1 is 1.36 bits per heavy atom. The molecule has 11 heteroatoms.